The van der Waals surface area contributed by atoms with Gasteiger partial charge in [0.05, 0.1) is 17.9 Å². The van der Waals surface area contributed by atoms with E-state index in [1.54, 1.807) is 0 Å². The Kier molecular flexibility index (Phi) is 5.46. The molecule has 94 valence electrons. The van der Waals surface area contributed by atoms with Gasteiger partial charge in [-0.05, 0) is 24.6 Å². The van der Waals surface area contributed by atoms with E-state index in [0.717, 1.165) is 31.7 Å². The van der Waals surface area contributed by atoms with Crippen molar-refractivity contribution in [1.82, 2.24) is 0 Å². The average Bonchev–Trinajstić information content (AvgIpc) is 2.32. The van der Waals surface area contributed by atoms with E-state index in [1.165, 1.54) is 12.1 Å². The first kappa shape index (κ1) is 13.5. The number of benzene rings is 1. The zero-order valence-electron chi connectivity index (χ0n) is 10.0. The van der Waals surface area contributed by atoms with Crippen LogP contribution in [0.4, 0.5) is 10.1 Å². The van der Waals surface area contributed by atoms with E-state index in [1.807, 2.05) is 0 Å². The molecule has 1 rings (SSSR count). The number of rotatable bonds is 6. The van der Waals surface area contributed by atoms with Gasteiger partial charge in [0.15, 0.2) is 0 Å². The molecule has 1 aromatic carbocycles. The summed E-state index contributed by atoms with van der Waals surface area (Å²) in [6, 6.07) is 3.93. The third kappa shape index (κ3) is 4.43. The molecule has 0 spiro atoms. The van der Waals surface area contributed by atoms with Gasteiger partial charge in [0.2, 0.25) is 0 Å². The smallest absolute Gasteiger partial charge is 0.338 e. The van der Waals surface area contributed by atoms with Crippen molar-refractivity contribution in [2.24, 2.45) is 0 Å². The molecule has 4 heteroatoms. The molecule has 0 aromatic heterocycles. The maximum absolute atomic E-state index is 13.1. The Labute approximate surface area is 101 Å². The summed E-state index contributed by atoms with van der Waals surface area (Å²) in [7, 11) is 0. The molecule has 0 bridgehead atoms. The number of nitrogens with two attached hydrogens (primary N) is 1. The number of hydrogen-bond donors (Lipinski definition) is 1. The maximum Gasteiger partial charge on any atom is 0.338 e. The molecule has 0 atom stereocenters. The lowest BCUT2D eigenvalue weighted by Crippen LogP contribution is -2.07. The summed E-state index contributed by atoms with van der Waals surface area (Å²) in [4.78, 5) is 11.5. The van der Waals surface area contributed by atoms with Gasteiger partial charge in [0.25, 0.3) is 0 Å². The van der Waals surface area contributed by atoms with Crippen LogP contribution in [0.25, 0.3) is 0 Å². The minimum atomic E-state index is -0.592. The number of carbonyl (C=O) groups excluding carboxylic acids is 1. The molecule has 0 unspecified atom stereocenters. The predicted octanol–water partition coefficient (Wildman–Crippen LogP) is 3.15. The molecular formula is C13H18FNO2. The largest absolute Gasteiger partial charge is 0.462 e. The number of anilines is 1. The molecule has 0 saturated heterocycles. The average molecular weight is 239 g/mol. The predicted molar refractivity (Wildman–Crippen MR) is 65.2 cm³/mol. The van der Waals surface area contributed by atoms with E-state index >= 15 is 0 Å². The highest BCUT2D eigenvalue weighted by Gasteiger charge is 2.09. The molecule has 17 heavy (non-hydrogen) atoms. The van der Waals surface area contributed by atoms with Gasteiger partial charge in [-0.25, -0.2) is 9.18 Å². The lowest BCUT2D eigenvalue weighted by Gasteiger charge is -2.05. The number of unbranched alkanes of at least 4 members (excludes halogenated alkanes) is 3. The minimum absolute atomic E-state index is 0.0319. The zero-order chi connectivity index (χ0) is 12.7. The number of hydrogen-bond acceptors (Lipinski definition) is 3. The van der Waals surface area contributed by atoms with Crippen LogP contribution in [0, 0.1) is 5.82 Å². The first-order valence-electron chi connectivity index (χ1n) is 5.87. The fourth-order valence-electron chi connectivity index (χ4n) is 1.43. The van der Waals surface area contributed by atoms with Crippen LogP contribution in [-0.2, 0) is 4.74 Å². The first-order chi connectivity index (χ1) is 8.15. The molecule has 2 N–H and O–H groups in total. The van der Waals surface area contributed by atoms with E-state index in [2.05, 4.69) is 6.92 Å². The van der Waals surface area contributed by atoms with Crippen molar-refractivity contribution in [3.8, 4) is 0 Å². The number of halogens is 1. The Bertz CT molecular complexity index is 380. The molecule has 0 aliphatic rings. The van der Waals surface area contributed by atoms with Gasteiger partial charge < -0.3 is 10.5 Å². The van der Waals surface area contributed by atoms with Crippen LogP contribution >= 0.6 is 0 Å². The Morgan fingerprint density at radius 2 is 2.12 bits per heavy atom. The first-order valence-corrected chi connectivity index (χ1v) is 5.87. The lowest BCUT2D eigenvalue weighted by molar-refractivity contribution is 0.0497. The van der Waals surface area contributed by atoms with E-state index in [9.17, 15) is 9.18 Å². The van der Waals surface area contributed by atoms with Crippen molar-refractivity contribution in [1.29, 1.82) is 0 Å². The van der Waals surface area contributed by atoms with Crippen LogP contribution in [0.2, 0.25) is 0 Å². The number of carbonyl (C=O) groups is 1. The lowest BCUT2D eigenvalue weighted by atomic mass is 10.2. The van der Waals surface area contributed by atoms with Crippen LogP contribution < -0.4 is 5.73 Å². The SMILES string of the molecule is CCCCCCOC(=O)c1ccc(N)c(F)c1. The fraction of sp³-hybridized carbons (Fsp3) is 0.462. The number of esters is 1. The molecule has 0 saturated carbocycles. The van der Waals surface area contributed by atoms with E-state index in [4.69, 9.17) is 10.5 Å². The molecule has 0 radical (unpaired) electrons. The molecule has 0 aliphatic carbocycles. The monoisotopic (exact) mass is 239 g/mol. The van der Waals surface area contributed by atoms with Crippen LogP contribution in [-0.4, -0.2) is 12.6 Å². The minimum Gasteiger partial charge on any atom is -0.462 e. The van der Waals surface area contributed by atoms with Crippen LogP contribution in [0.1, 0.15) is 43.0 Å². The van der Waals surface area contributed by atoms with Gasteiger partial charge in [-0.3, -0.25) is 0 Å². The summed E-state index contributed by atoms with van der Waals surface area (Å²) in [6.45, 7) is 2.49. The van der Waals surface area contributed by atoms with Crippen molar-refractivity contribution >= 4 is 11.7 Å². The zero-order valence-corrected chi connectivity index (χ0v) is 10.0. The van der Waals surface area contributed by atoms with Crippen molar-refractivity contribution in [2.75, 3.05) is 12.3 Å². The van der Waals surface area contributed by atoms with Crippen molar-refractivity contribution in [2.45, 2.75) is 32.6 Å². The van der Waals surface area contributed by atoms with Gasteiger partial charge in [0.1, 0.15) is 5.82 Å². The molecule has 0 fully saturated rings. The molecule has 0 aliphatic heterocycles. The number of nitrogen functional groups attached to an aromatic ring is 1. The highest BCUT2D eigenvalue weighted by atomic mass is 19.1. The normalized spacial score (nSPS) is 10.2. The molecular weight excluding hydrogens is 221 g/mol. The quantitative estimate of drug-likeness (QED) is 0.471. The van der Waals surface area contributed by atoms with Crippen molar-refractivity contribution < 1.29 is 13.9 Å². The third-order valence-corrected chi connectivity index (χ3v) is 2.47. The standard InChI is InChI=1S/C13H18FNO2/c1-2-3-4-5-8-17-13(16)10-6-7-12(15)11(14)9-10/h6-7,9H,2-5,8,15H2,1H3. The summed E-state index contributed by atoms with van der Waals surface area (Å²) in [5, 5.41) is 0. The second-order valence-corrected chi connectivity index (χ2v) is 3.93. The van der Waals surface area contributed by atoms with E-state index < -0.39 is 11.8 Å². The highest BCUT2D eigenvalue weighted by Crippen LogP contribution is 2.13. The topological polar surface area (TPSA) is 52.3 Å². The van der Waals surface area contributed by atoms with Crippen molar-refractivity contribution in [3.63, 3.8) is 0 Å². The van der Waals surface area contributed by atoms with E-state index in [-0.39, 0.29) is 11.3 Å². The molecule has 0 heterocycles. The second-order valence-electron chi connectivity index (χ2n) is 3.93. The summed E-state index contributed by atoms with van der Waals surface area (Å²) < 4.78 is 18.1. The van der Waals surface area contributed by atoms with Gasteiger partial charge in [0, 0.05) is 0 Å². The van der Waals surface area contributed by atoms with Gasteiger partial charge in [-0.15, -0.1) is 0 Å². The van der Waals surface area contributed by atoms with Crippen molar-refractivity contribution in [3.05, 3.63) is 29.6 Å². The summed E-state index contributed by atoms with van der Waals surface area (Å²) in [5.74, 6) is -1.09. The molecule has 0 amide bonds. The summed E-state index contributed by atoms with van der Waals surface area (Å²) in [6.07, 6.45) is 4.15. The highest BCUT2D eigenvalue weighted by molar-refractivity contribution is 5.89. The Balaban J connectivity index is 2.39. The van der Waals surface area contributed by atoms with Gasteiger partial charge in [-0.2, -0.15) is 0 Å². The van der Waals surface area contributed by atoms with Crippen LogP contribution in [0.5, 0.6) is 0 Å². The van der Waals surface area contributed by atoms with Gasteiger partial charge in [-0.1, -0.05) is 26.2 Å². The van der Waals surface area contributed by atoms with E-state index in [0.29, 0.717) is 6.61 Å². The summed E-state index contributed by atoms with van der Waals surface area (Å²) in [5.41, 5.74) is 5.55. The Morgan fingerprint density at radius 1 is 1.35 bits per heavy atom. The van der Waals surface area contributed by atoms with Gasteiger partial charge >= 0.3 is 5.97 Å². The third-order valence-electron chi connectivity index (χ3n) is 2.47. The fourth-order valence-corrected chi connectivity index (χ4v) is 1.43. The van der Waals surface area contributed by atoms with Crippen LogP contribution in [0.15, 0.2) is 18.2 Å². The Hall–Kier alpha value is -1.58. The maximum atomic E-state index is 13.1. The molecule has 3 nitrogen and oxygen atoms in total. The summed E-state index contributed by atoms with van der Waals surface area (Å²) >= 11 is 0. The number of ether oxygens (including phenoxy) is 1. The second kappa shape index (κ2) is 6.89. The Morgan fingerprint density at radius 3 is 2.76 bits per heavy atom. The molecule has 1 aromatic rings. The van der Waals surface area contributed by atoms with Crippen LogP contribution in [0.3, 0.4) is 0 Å².